The molecule has 0 saturated heterocycles. The predicted molar refractivity (Wildman–Crippen MR) is 208 cm³/mol. The first kappa shape index (κ1) is 26.9. The van der Waals surface area contributed by atoms with Gasteiger partial charge in [0, 0.05) is 0 Å². The maximum absolute atomic E-state index is 2.45. The van der Waals surface area contributed by atoms with E-state index >= 15 is 0 Å². The Labute approximate surface area is 279 Å². The van der Waals surface area contributed by atoms with Crippen LogP contribution in [0.2, 0.25) is 0 Å². The summed E-state index contributed by atoms with van der Waals surface area (Å²) >= 11 is 0. The van der Waals surface area contributed by atoms with Gasteiger partial charge in [0.05, 0.1) is 0 Å². The predicted octanol–water partition coefficient (Wildman–Crippen LogP) is 13.6. The molecule has 0 spiro atoms. The average molecular weight is 607 g/mol. The number of hydrogen-bond acceptors (Lipinski definition) is 0. The summed E-state index contributed by atoms with van der Waals surface area (Å²) in [5, 5.41) is 15.2. The molecule has 0 aliphatic carbocycles. The highest BCUT2D eigenvalue weighted by molar-refractivity contribution is 6.27. The van der Waals surface area contributed by atoms with E-state index in [2.05, 4.69) is 182 Å². The molecule has 222 valence electrons. The van der Waals surface area contributed by atoms with Gasteiger partial charge >= 0.3 is 0 Å². The molecule has 0 fully saturated rings. The summed E-state index contributed by atoms with van der Waals surface area (Å²) in [6, 6.07) is 67.2. The number of fused-ring (bicyclic) bond motifs is 7. The van der Waals surface area contributed by atoms with Crippen LogP contribution in [0.4, 0.5) is 0 Å². The summed E-state index contributed by atoms with van der Waals surface area (Å²) in [5.74, 6) is 0. The average Bonchev–Trinajstić information content (AvgIpc) is 3.16. The van der Waals surface area contributed by atoms with E-state index in [0.717, 1.165) is 0 Å². The van der Waals surface area contributed by atoms with Gasteiger partial charge in [-0.1, -0.05) is 170 Å². The molecule has 0 N–H and O–H groups in total. The molecule has 0 unspecified atom stereocenters. The Morgan fingerprint density at radius 1 is 0.208 bits per heavy atom. The Hall–Kier alpha value is -6.24. The molecule has 0 amide bonds. The smallest absolute Gasteiger partial charge is 0.00199 e. The number of rotatable bonds is 3. The number of benzene rings is 10. The van der Waals surface area contributed by atoms with Crippen molar-refractivity contribution in [2.24, 2.45) is 0 Å². The van der Waals surface area contributed by atoms with Crippen molar-refractivity contribution in [3.8, 4) is 33.4 Å². The van der Waals surface area contributed by atoms with Crippen molar-refractivity contribution in [2.45, 2.75) is 0 Å². The second-order valence-electron chi connectivity index (χ2n) is 12.8. The Morgan fingerprint density at radius 2 is 0.667 bits per heavy atom. The van der Waals surface area contributed by atoms with Crippen molar-refractivity contribution >= 4 is 64.6 Å². The van der Waals surface area contributed by atoms with Crippen LogP contribution in [0.5, 0.6) is 0 Å². The van der Waals surface area contributed by atoms with Crippen LogP contribution in [0.3, 0.4) is 0 Å². The van der Waals surface area contributed by atoms with E-state index in [1.165, 1.54) is 98.0 Å². The van der Waals surface area contributed by atoms with Crippen molar-refractivity contribution in [1.82, 2.24) is 0 Å². The molecule has 0 heterocycles. The standard InChI is InChI=1S/C48H30/c1-4-18-35-31(13-1)16-11-25-37(35)34-27-28-44-46(30-34)47(41-26-12-17-32-14-2-5-19-36(32)41)42-23-9-10-24-43(42)48(44)45-29-33-15-3-6-20-38(33)39-21-7-8-22-40(39)45/h1-30H. The molecular weight excluding hydrogens is 577 g/mol. The van der Waals surface area contributed by atoms with Crippen LogP contribution >= 0.6 is 0 Å². The maximum Gasteiger partial charge on any atom is -0.00199 e. The third-order valence-electron chi connectivity index (χ3n) is 10.2. The van der Waals surface area contributed by atoms with Crippen LogP contribution in [0.25, 0.3) is 98.0 Å². The molecule has 48 heavy (non-hydrogen) atoms. The first-order chi connectivity index (χ1) is 23.8. The summed E-state index contributed by atoms with van der Waals surface area (Å²) in [7, 11) is 0. The van der Waals surface area contributed by atoms with Crippen LogP contribution in [0.1, 0.15) is 0 Å². The second-order valence-corrected chi connectivity index (χ2v) is 12.8. The minimum absolute atomic E-state index is 1.23. The quantitative estimate of drug-likeness (QED) is 0.139. The van der Waals surface area contributed by atoms with Crippen molar-refractivity contribution in [1.29, 1.82) is 0 Å². The zero-order chi connectivity index (χ0) is 31.6. The van der Waals surface area contributed by atoms with Crippen LogP contribution in [-0.4, -0.2) is 0 Å². The van der Waals surface area contributed by atoms with Crippen molar-refractivity contribution in [3.63, 3.8) is 0 Å². The van der Waals surface area contributed by atoms with E-state index in [1.807, 2.05) is 0 Å². The highest BCUT2D eigenvalue weighted by atomic mass is 14.2. The number of hydrogen-bond donors (Lipinski definition) is 0. The fraction of sp³-hybridized carbons (Fsp3) is 0. The van der Waals surface area contributed by atoms with E-state index in [4.69, 9.17) is 0 Å². The summed E-state index contributed by atoms with van der Waals surface area (Å²) in [6.45, 7) is 0. The topological polar surface area (TPSA) is 0 Å². The largest absolute Gasteiger partial charge is 0.0616 e. The highest BCUT2D eigenvalue weighted by Gasteiger charge is 2.21. The molecule has 10 aromatic rings. The molecule has 0 aliphatic rings. The minimum atomic E-state index is 1.23. The minimum Gasteiger partial charge on any atom is -0.0616 e. The molecule has 10 aromatic carbocycles. The SMILES string of the molecule is c1ccc2c(-c3ccc4c(-c5cc6ccccc6c6ccccc56)c5ccccc5c(-c5cccc6ccccc56)c4c3)cccc2c1. The monoisotopic (exact) mass is 606 g/mol. The van der Waals surface area contributed by atoms with Gasteiger partial charge in [-0.25, -0.2) is 0 Å². The molecule has 0 nitrogen and oxygen atoms in total. The molecule has 0 heteroatoms. The van der Waals surface area contributed by atoms with Crippen LogP contribution in [0.15, 0.2) is 182 Å². The Balaban J connectivity index is 1.41. The molecule has 0 radical (unpaired) electrons. The Morgan fingerprint density at radius 3 is 1.35 bits per heavy atom. The first-order valence-electron chi connectivity index (χ1n) is 16.7. The molecular formula is C48H30. The molecule has 0 aromatic heterocycles. The lowest BCUT2D eigenvalue weighted by Crippen LogP contribution is -1.94. The van der Waals surface area contributed by atoms with Crippen molar-refractivity contribution in [3.05, 3.63) is 182 Å². The molecule has 0 saturated carbocycles. The van der Waals surface area contributed by atoms with Gasteiger partial charge in [0.25, 0.3) is 0 Å². The summed E-state index contributed by atoms with van der Waals surface area (Å²) < 4.78 is 0. The van der Waals surface area contributed by atoms with E-state index in [-0.39, 0.29) is 0 Å². The van der Waals surface area contributed by atoms with Gasteiger partial charge in [-0.3, -0.25) is 0 Å². The van der Waals surface area contributed by atoms with E-state index in [0.29, 0.717) is 0 Å². The first-order valence-corrected chi connectivity index (χ1v) is 16.7. The highest BCUT2D eigenvalue weighted by Crippen LogP contribution is 2.48. The summed E-state index contributed by atoms with van der Waals surface area (Å²) in [4.78, 5) is 0. The Bertz CT molecular complexity index is 2880. The summed E-state index contributed by atoms with van der Waals surface area (Å²) in [6.07, 6.45) is 0. The van der Waals surface area contributed by atoms with Crippen LogP contribution < -0.4 is 0 Å². The zero-order valence-corrected chi connectivity index (χ0v) is 26.3. The van der Waals surface area contributed by atoms with E-state index < -0.39 is 0 Å². The van der Waals surface area contributed by atoms with E-state index in [1.54, 1.807) is 0 Å². The lowest BCUT2D eigenvalue weighted by atomic mass is 9.82. The second kappa shape index (κ2) is 10.7. The summed E-state index contributed by atoms with van der Waals surface area (Å²) in [5.41, 5.74) is 7.59. The third kappa shape index (κ3) is 4.03. The van der Waals surface area contributed by atoms with Gasteiger partial charge in [0.1, 0.15) is 0 Å². The van der Waals surface area contributed by atoms with Gasteiger partial charge < -0.3 is 0 Å². The van der Waals surface area contributed by atoms with Crippen LogP contribution in [0, 0.1) is 0 Å². The molecule has 0 aliphatic heterocycles. The van der Waals surface area contributed by atoms with Gasteiger partial charge in [0.2, 0.25) is 0 Å². The molecule has 0 atom stereocenters. The van der Waals surface area contributed by atoms with Crippen molar-refractivity contribution < 1.29 is 0 Å². The molecule has 0 bridgehead atoms. The van der Waals surface area contributed by atoms with Gasteiger partial charge in [-0.05, 0) is 110 Å². The van der Waals surface area contributed by atoms with Gasteiger partial charge in [-0.15, -0.1) is 0 Å². The Kier molecular flexibility index (Phi) is 5.98. The van der Waals surface area contributed by atoms with Crippen LogP contribution in [-0.2, 0) is 0 Å². The fourth-order valence-corrected chi connectivity index (χ4v) is 8.11. The van der Waals surface area contributed by atoms with Gasteiger partial charge in [0.15, 0.2) is 0 Å². The third-order valence-corrected chi connectivity index (χ3v) is 10.2. The zero-order valence-electron chi connectivity index (χ0n) is 26.3. The normalized spacial score (nSPS) is 11.8. The molecule has 10 rings (SSSR count). The van der Waals surface area contributed by atoms with E-state index in [9.17, 15) is 0 Å². The maximum atomic E-state index is 2.45. The lowest BCUT2D eigenvalue weighted by Gasteiger charge is -2.21. The fourth-order valence-electron chi connectivity index (χ4n) is 8.11. The lowest BCUT2D eigenvalue weighted by molar-refractivity contribution is 1.67. The van der Waals surface area contributed by atoms with Crippen molar-refractivity contribution in [2.75, 3.05) is 0 Å². The van der Waals surface area contributed by atoms with Gasteiger partial charge in [-0.2, -0.15) is 0 Å².